The third-order valence-corrected chi connectivity index (χ3v) is 8.03. The van der Waals surface area contributed by atoms with Gasteiger partial charge in [0.05, 0.1) is 0 Å². The zero-order valence-electron chi connectivity index (χ0n) is 20.1. The molecule has 0 radical (unpaired) electrons. The fourth-order valence-corrected chi connectivity index (χ4v) is 5.97. The van der Waals surface area contributed by atoms with Gasteiger partial charge in [-0.2, -0.15) is 0 Å². The highest BCUT2D eigenvalue weighted by molar-refractivity contribution is 5.66. The first-order valence-electron chi connectivity index (χ1n) is 13.6. The van der Waals surface area contributed by atoms with Crippen LogP contribution in [0, 0.1) is 11.8 Å². The van der Waals surface area contributed by atoms with E-state index in [2.05, 4.69) is 44.2 Å². The summed E-state index contributed by atoms with van der Waals surface area (Å²) < 4.78 is 0. The van der Waals surface area contributed by atoms with Crippen LogP contribution in [0.15, 0.2) is 30.3 Å². The summed E-state index contributed by atoms with van der Waals surface area (Å²) in [6.07, 6.45) is 26.7. The number of hydrogen-bond acceptors (Lipinski definition) is 0. The van der Waals surface area contributed by atoms with Gasteiger partial charge in [0.15, 0.2) is 0 Å². The molecule has 1 unspecified atom stereocenters. The van der Waals surface area contributed by atoms with Gasteiger partial charge < -0.3 is 0 Å². The maximum absolute atomic E-state index is 2.54. The van der Waals surface area contributed by atoms with E-state index in [1.807, 2.05) is 0 Å². The average Bonchev–Trinajstić information content (AvgIpc) is 2.80. The van der Waals surface area contributed by atoms with Crippen LogP contribution in [0.25, 0.3) is 5.57 Å². The van der Waals surface area contributed by atoms with Gasteiger partial charge in [0.1, 0.15) is 0 Å². The molecule has 1 fully saturated rings. The largest absolute Gasteiger partial charge is 0.0804 e. The number of hydrogen-bond donors (Lipinski definition) is 0. The van der Waals surface area contributed by atoms with Crippen molar-refractivity contribution in [1.29, 1.82) is 0 Å². The molecule has 0 spiro atoms. The van der Waals surface area contributed by atoms with Crippen LogP contribution in [0.1, 0.15) is 140 Å². The molecule has 0 N–H and O–H groups in total. The van der Waals surface area contributed by atoms with Crippen LogP contribution in [0.4, 0.5) is 0 Å². The third kappa shape index (κ3) is 7.58. The van der Waals surface area contributed by atoms with Crippen molar-refractivity contribution in [2.75, 3.05) is 0 Å². The Bertz CT molecular complexity index is 599. The van der Waals surface area contributed by atoms with E-state index < -0.39 is 0 Å². The Morgan fingerprint density at radius 2 is 1.37 bits per heavy atom. The van der Waals surface area contributed by atoms with E-state index in [1.54, 1.807) is 11.1 Å². The molecule has 0 heteroatoms. The zero-order chi connectivity index (χ0) is 21.0. The molecule has 3 rings (SSSR count). The lowest BCUT2D eigenvalue weighted by Gasteiger charge is -2.29. The van der Waals surface area contributed by atoms with Crippen LogP contribution >= 0.6 is 0 Å². The van der Waals surface area contributed by atoms with Crippen LogP contribution in [0.2, 0.25) is 0 Å². The van der Waals surface area contributed by atoms with Gasteiger partial charge in [-0.15, -0.1) is 0 Å². The van der Waals surface area contributed by atoms with Crippen molar-refractivity contribution in [1.82, 2.24) is 0 Å². The average molecular weight is 409 g/mol. The van der Waals surface area contributed by atoms with Gasteiger partial charge in [-0.25, -0.2) is 0 Å². The molecule has 0 amide bonds. The van der Waals surface area contributed by atoms with Crippen LogP contribution in [-0.4, -0.2) is 0 Å². The first-order chi connectivity index (χ1) is 14.8. The molecule has 1 aromatic rings. The van der Waals surface area contributed by atoms with Crippen LogP contribution in [-0.2, 0) is 0 Å². The highest BCUT2D eigenvalue weighted by atomic mass is 14.3. The topological polar surface area (TPSA) is 0 Å². The van der Waals surface area contributed by atoms with Crippen LogP contribution in [0.3, 0.4) is 0 Å². The number of allylic oxidation sites excluding steroid dienone is 2. The summed E-state index contributed by atoms with van der Waals surface area (Å²) in [5.74, 6) is 2.77. The second kappa shape index (κ2) is 13.4. The van der Waals surface area contributed by atoms with Crippen molar-refractivity contribution >= 4 is 5.57 Å². The summed E-state index contributed by atoms with van der Waals surface area (Å²) in [6.45, 7) is 4.63. The minimum Gasteiger partial charge on any atom is -0.0804 e. The molecular formula is C30H48. The monoisotopic (exact) mass is 408 g/mol. The molecule has 0 bridgehead atoms. The normalized spacial score (nSPS) is 24.6. The Kier molecular flexibility index (Phi) is 10.5. The summed E-state index contributed by atoms with van der Waals surface area (Å²) in [5, 5.41) is 0. The number of rotatable bonds is 12. The number of unbranched alkanes of at least 4 members (excludes halogenated alkanes) is 6. The summed E-state index contributed by atoms with van der Waals surface area (Å²) in [7, 11) is 0. The molecule has 2 aliphatic carbocycles. The van der Waals surface area contributed by atoms with Gasteiger partial charge in [0.25, 0.3) is 0 Å². The van der Waals surface area contributed by atoms with E-state index >= 15 is 0 Å². The lowest BCUT2D eigenvalue weighted by Crippen LogP contribution is -2.13. The zero-order valence-corrected chi connectivity index (χ0v) is 20.1. The van der Waals surface area contributed by atoms with Crippen molar-refractivity contribution in [3.63, 3.8) is 0 Å². The first kappa shape index (κ1) is 23.6. The summed E-state index contributed by atoms with van der Waals surface area (Å²) in [5.41, 5.74) is 4.70. The standard InChI is InChI=1S/C30H48/c1-3-5-6-7-8-9-10-12-26-15-19-28(20-16-26)30-23-21-29(22-24-30)27-17-13-25(11-4-2)14-18-27/h17,21-26,28H,3-16,18-20H2,1-2H3. The van der Waals surface area contributed by atoms with E-state index in [0.29, 0.717) is 0 Å². The van der Waals surface area contributed by atoms with Gasteiger partial charge in [-0.1, -0.05) is 108 Å². The van der Waals surface area contributed by atoms with Crippen LogP contribution < -0.4 is 0 Å². The minimum absolute atomic E-state index is 0.818. The lowest BCUT2D eigenvalue weighted by atomic mass is 9.76. The molecule has 0 nitrogen and oxygen atoms in total. The van der Waals surface area contributed by atoms with Crippen molar-refractivity contribution in [2.24, 2.45) is 11.8 Å². The lowest BCUT2D eigenvalue weighted by molar-refractivity contribution is 0.302. The van der Waals surface area contributed by atoms with E-state index in [4.69, 9.17) is 0 Å². The second-order valence-corrected chi connectivity index (χ2v) is 10.4. The maximum atomic E-state index is 2.54. The first-order valence-corrected chi connectivity index (χ1v) is 13.6. The highest BCUT2D eigenvalue weighted by Gasteiger charge is 2.22. The van der Waals surface area contributed by atoms with Gasteiger partial charge >= 0.3 is 0 Å². The van der Waals surface area contributed by atoms with E-state index in [-0.39, 0.29) is 0 Å². The number of benzene rings is 1. The molecule has 0 saturated heterocycles. The fourth-order valence-electron chi connectivity index (χ4n) is 5.97. The fraction of sp³-hybridized carbons (Fsp3) is 0.733. The Labute approximate surface area is 187 Å². The van der Waals surface area contributed by atoms with Crippen molar-refractivity contribution < 1.29 is 0 Å². The molecule has 1 saturated carbocycles. The summed E-state index contributed by atoms with van der Waals surface area (Å²) >= 11 is 0. The molecule has 168 valence electrons. The van der Waals surface area contributed by atoms with Crippen molar-refractivity contribution in [3.8, 4) is 0 Å². The molecule has 1 atom stereocenters. The molecular weight excluding hydrogens is 360 g/mol. The van der Waals surface area contributed by atoms with Crippen molar-refractivity contribution in [2.45, 2.75) is 129 Å². The Morgan fingerprint density at radius 1 is 0.667 bits per heavy atom. The molecule has 0 aliphatic heterocycles. The second-order valence-electron chi connectivity index (χ2n) is 10.4. The predicted molar refractivity (Wildman–Crippen MR) is 134 cm³/mol. The minimum atomic E-state index is 0.818. The van der Waals surface area contributed by atoms with Gasteiger partial charge in [-0.3, -0.25) is 0 Å². The molecule has 0 aromatic heterocycles. The van der Waals surface area contributed by atoms with Gasteiger partial charge in [-0.05, 0) is 79.4 Å². The van der Waals surface area contributed by atoms with Gasteiger partial charge in [0, 0.05) is 0 Å². The van der Waals surface area contributed by atoms with E-state index in [9.17, 15) is 0 Å². The predicted octanol–water partition coefficient (Wildman–Crippen LogP) is 10.1. The third-order valence-electron chi connectivity index (χ3n) is 8.03. The van der Waals surface area contributed by atoms with Gasteiger partial charge in [0.2, 0.25) is 0 Å². The quantitative estimate of drug-likeness (QED) is 0.302. The Morgan fingerprint density at radius 3 is 2.00 bits per heavy atom. The smallest absolute Gasteiger partial charge is 0.0162 e. The maximum Gasteiger partial charge on any atom is -0.0162 e. The van der Waals surface area contributed by atoms with Crippen LogP contribution in [0.5, 0.6) is 0 Å². The van der Waals surface area contributed by atoms with Crippen molar-refractivity contribution in [3.05, 3.63) is 41.5 Å². The molecule has 0 heterocycles. The molecule has 1 aromatic carbocycles. The Balaban J connectivity index is 1.36. The highest BCUT2D eigenvalue weighted by Crippen LogP contribution is 2.39. The summed E-state index contributed by atoms with van der Waals surface area (Å²) in [4.78, 5) is 0. The Hall–Kier alpha value is -1.04. The summed E-state index contributed by atoms with van der Waals surface area (Å²) in [6, 6.07) is 9.75. The van der Waals surface area contributed by atoms with E-state index in [1.165, 1.54) is 115 Å². The molecule has 2 aliphatic rings. The molecule has 30 heavy (non-hydrogen) atoms. The SMILES string of the molecule is CCCCCCCCCC1CCC(c2ccc(C3=CCC(CCC)CC3)cc2)CC1. The van der Waals surface area contributed by atoms with E-state index in [0.717, 1.165) is 17.8 Å².